The molecule has 0 saturated carbocycles. The summed E-state index contributed by atoms with van der Waals surface area (Å²) in [4.78, 5) is 23.2. The molecule has 0 aliphatic heterocycles. The molecule has 0 aromatic rings. The van der Waals surface area contributed by atoms with E-state index in [1.807, 2.05) is 0 Å². The molecule has 0 amide bonds. The maximum absolute atomic E-state index is 9.77. The average molecular weight is 321 g/mol. The van der Waals surface area contributed by atoms with Gasteiger partial charge in [-0.2, -0.15) is 0 Å². The smallest absolute Gasteiger partial charge is 0.545 e. The Bertz CT molecular complexity index is 68.4. The zero-order valence-electron chi connectivity index (χ0n) is 6.58. The molecule has 0 rings (SSSR count). The van der Waals surface area contributed by atoms with E-state index in [2.05, 4.69) is 20.4 Å². The molecule has 1 radical (unpaired) electrons. The van der Waals surface area contributed by atoms with Gasteiger partial charge in [0.2, 0.25) is 0 Å². The second-order valence-corrected chi connectivity index (χ2v) is 1.29. The van der Waals surface area contributed by atoms with E-state index in [1.54, 1.807) is 0 Å². The largest absolute Gasteiger partial charge is 3.00 e. The molecule has 0 bridgehead atoms. The Morgan fingerprint density at radius 2 is 0.533 bits per heavy atom. The van der Waals surface area contributed by atoms with Gasteiger partial charge in [-0.3, -0.25) is 20.4 Å². The fourth-order valence-electron chi connectivity index (χ4n) is 0. The molecule has 0 unspecified atom stereocenters. The summed E-state index contributed by atoms with van der Waals surface area (Å²) in [6.07, 6.45) is 0. The maximum atomic E-state index is 9.77. The van der Waals surface area contributed by atoms with Crippen LogP contribution in [0.15, 0.2) is 0 Å². The summed E-state index contributed by atoms with van der Waals surface area (Å²) in [5, 5.41) is 0. The van der Waals surface area contributed by atoms with Crippen LogP contribution in [0.1, 0.15) is 0 Å². The summed E-state index contributed by atoms with van der Waals surface area (Å²) in [5.74, 6) is 0. The van der Waals surface area contributed by atoms with Crippen molar-refractivity contribution in [2.45, 2.75) is 0 Å². The van der Waals surface area contributed by atoms with Crippen molar-refractivity contribution >= 4 is 38.1 Å². The summed E-state index contributed by atoms with van der Waals surface area (Å²) in [7, 11) is -8.76. The first-order chi connectivity index (χ1) is 6.46. The van der Waals surface area contributed by atoms with E-state index in [9.17, 15) is 25.2 Å². The van der Waals surface area contributed by atoms with E-state index >= 15 is 0 Å². The molecular formula is C3H5F6FeO3P2+2. The van der Waals surface area contributed by atoms with Crippen LogP contribution in [-0.4, -0.2) is 20.4 Å². The van der Waals surface area contributed by atoms with Crippen LogP contribution in [-0.2, 0) is 31.5 Å². The van der Waals surface area contributed by atoms with Gasteiger partial charge in [0.15, 0.2) is 0 Å². The van der Waals surface area contributed by atoms with Crippen LogP contribution in [0, 0.1) is 0 Å². The first kappa shape index (κ1) is 36.3. The fraction of sp³-hybridized carbons (Fsp3) is 0. The third kappa shape index (κ3) is 2150000. The van der Waals surface area contributed by atoms with Crippen molar-refractivity contribution < 1.29 is 56.6 Å². The van der Waals surface area contributed by atoms with Crippen molar-refractivity contribution in [3.63, 3.8) is 0 Å². The fourth-order valence-corrected chi connectivity index (χ4v) is 0. The SMILES string of the molecule is F[PH+](F)F.F[PH+](F)F.[CH-]=O.[CH-]=O.[CH-]=O.[Fe+3]. The van der Waals surface area contributed by atoms with Crippen LogP contribution in [0.5, 0.6) is 0 Å². The first-order valence-corrected chi connectivity index (χ1v) is 4.11. The Morgan fingerprint density at radius 1 is 0.533 bits per heavy atom. The molecule has 0 aliphatic carbocycles. The number of hydrogen-bond acceptors (Lipinski definition) is 3. The minimum atomic E-state index is -4.38. The number of carbonyl (C=O) groups excluding carboxylic acids is 3. The van der Waals surface area contributed by atoms with Crippen molar-refractivity contribution in [3.8, 4) is 0 Å². The minimum absolute atomic E-state index is 0. The number of rotatable bonds is 0. The van der Waals surface area contributed by atoms with Gasteiger partial charge in [-0.15, -0.1) is 0 Å². The first-order valence-electron chi connectivity index (χ1n) is 1.84. The summed E-state index contributed by atoms with van der Waals surface area (Å²) < 4.78 is 58.6. The predicted molar refractivity (Wildman–Crippen MR) is 43.5 cm³/mol. The molecule has 0 aliphatic rings. The van der Waals surface area contributed by atoms with Gasteiger partial charge in [-0.25, -0.2) is 0 Å². The molecule has 0 N–H and O–H groups in total. The molecule has 0 spiro atoms. The molecule has 0 heterocycles. The summed E-state index contributed by atoms with van der Waals surface area (Å²) in [5.41, 5.74) is 0. The van der Waals surface area contributed by atoms with Crippen LogP contribution < -0.4 is 0 Å². The Morgan fingerprint density at radius 3 is 0.533 bits per heavy atom. The molecule has 0 fully saturated rings. The molecule has 93 valence electrons. The molecule has 3 nitrogen and oxygen atoms in total. The van der Waals surface area contributed by atoms with Crippen molar-refractivity contribution in [1.82, 2.24) is 0 Å². The Kier molecular flexibility index (Phi) is 160. The van der Waals surface area contributed by atoms with Gasteiger partial charge in [-0.1, -0.05) is 0 Å². The molecule has 12 heteroatoms. The second kappa shape index (κ2) is 65.9. The van der Waals surface area contributed by atoms with E-state index < -0.39 is 17.7 Å². The molecule has 0 aromatic heterocycles. The zero-order valence-corrected chi connectivity index (χ0v) is 9.68. The van der Waals surface area contributed by atoms with E-state index in [-0.39, 0.29) is 17.1 Å². The van der Waals surface area contributed by atoms with E-state index in [0.29, 0.717) is 0 Å². The average Bonchev–Trinajstić information content (AvgIpc) is 2.12. The third-order valence-corrected chi connectivity index (χ3v) is 0. The van der Waals surface area contributed by atoms with Gasteiger partial charge in [0.1, 0.15) is 0 Å². The van der Waals surface area contributed by atoms with Gasteiger partial charge in [-0.05, 0) is 0 Å². The van der Waals surface area contributed by atoms with E-state index in [1.165, 1.54) is 0 Å². The van der Waals surface area contributed by atoms with Gasteiger partial charge >= 0.3 is 34.8 Å². The van der Waals surface area contributed by atoms with Gasteiger partial charge < -0.3 is 14.4 Å². The van der Waals surface area contributed by atoms with Crippen molar-refractivity contribution in [2.24, 2.45) is 0 Å². The van der Waals surface area contributed by atoms with Crippen LogP contribution in [0.3, 0.4) is 0 Å². The van der Waals surface area contributed by atoms with Crippen molar-refractivity contribution in [1.29, 1.82) is 0 Å². The Labute approximate surface area is 95.3 Å². The molecule has 0 aromatic carbocycles. The van der Waals surface area contributed by atoms with Gasteiger partial charge in [0.25, 0.3) is 0 Å². The molecule has 0 atom stereocenters. The Balaban J connectivity index is -0.0000000175. The van der Waals surface area contributed by atoms with Gasteiger partial charge in [0, 0.05) is 25.2 Å². The van der Waals surface area contributed by atoms with Crippen LogP contribution in [0.4, 0.5) is 25.2 Å². The monoisotopic (exact) mass is 321 g/mol. The Hall–Kier alpha value is -0.0305. The number of hydrogen-bond donors (Lipinski definition) is 0. The molecule has 0 saturated heterocycles. The van der Waals surface area contributed by atoms with Crippen LogP contribution in [0.2, 0.25) is 0 Å². The molecular weight excluding hydrogens is 316 g/mol. The number of halogens is 6. The van der Waals surface area contributed by atoms with E-state index in [4.69, 9.17) is 14.4 Å². The maximum Gasteiger partial charge on any atom is 3.00 e. The standard InChI is InChI=1S/3CHO.2F3HP.Fe/c3*1-2;2*1-4(2)3;/h3*1H;2*4H;/q3*-1;2*+1;+3. The zero-order chi connectivity index (χ0) is 13.2. The van der Waals surface area contributed by atoms with E-state index in [0.717, 1.165) is 0 Å². The molecule has 15 heavy (non-hydrogen) atoms. The predicted octanol–water partition coefficient (Wildman–Crippen LogP) is 2.88. The van der Waals surface area contributed by atoms with Gasteiger partial charge in [0.05, 0.1) is 0 Å². The quantitative estimate of drug-likeness (QED) is 0.227. The van der Waals surface area contributed by atoms with Crippen LogP contribution >= 0.6 is 17.7 Å². The van der Waals surface area contributed by atoms with Crippen molar-refractivity contribution in [2.75, 3.05) is 0 Å². The summed E-state index contributed by atoms with van der Waals surface area (Å²) in [6.45, 7) is 9.75. The minimum Gasteiger partial charge on any atom is -0.545 e. The van der Waals surface area contributed by atoms with Crippen molar-refractivity contribution in [3.05, 3.63) is 0 Å². The summed E-state index contributed by atoms with van der Waals surface area (Å²) >= 11 is 0. The van der Waals surface area contributed by atoms with Crippen LogP contribution in [0.25, 0.3) is 0 Å². The summed E-state index contributed by atoms with van der Waals surface area (Å²) in [6, 6.07) is 0. The topological polar surface area (TPSA) is 51.2 Å². The second-order valence-electron chi connectivity index (χ2n) is 0.429. The third-order valence-electron chi connectivity index (χ3n) is 0. The normalized spacial score (nSPS) is 5.60.